The molecule has 1 saturated heterocycles. The monoisotopic (exact) mass is 325 g/mol. The predicted molar refractivity (Wildman–Crippen MR) is 94.2 cm³/mol. The number of carbonyl (C=O) groups excluding carboxylic acids is 1. The molecule has 1 unspecified atom stereocenters. The number of rotatable bonds is 4. The van der Waals surface area contributed by atoms with Gasteiger partial charge in [-0.3, -0.25) is 4.79 Å². The molecule has 3 heterocycles. The van der Waals surface area contributed by atoms with Crippen LogP contribution in [0.2, 0.25) is 0 Å². The summed E-state index contributed by atoms with van der Waals surface area (Å²) in [6.07, 6.45) is 4.25. The number of benzene rings is 1. The van der Waals surface area contributed by atoms with Crippen molar-refractivity contribution in [3.05, 3.63) is 58.4 Å². The number of quaternary nitrogens is 1. The molecule has 4 heteroatoms. The van der Waals surface area contributed by atoms with Gasteiger partial charge in [0.2, 0.25) is 5.78 Å². The zero-order valence-electron chi connectivity index (χ0n) is 13.2. The quantitative estimate of drug-likeness (QED) is 0.710. The summed E-state index contributed by atoms with van der Waals surface area (Å²) in [7, 11) is 0. The number of H-pyrrole nitrogens is 1. The molecule has 1 aromatic carbocycles. The molecule has 0 aliphatic carbocycles. The molecule has 0 bridgehead atoms. The number of aromatic amines is 1. The number of para-hydroxylation sites is 1. The first-order valence-corrected chi connectivity index (χ1v) is 9.13. The van der Waals surface area contributed by atoms with Crippen molar-refractivity contribution in [3.63, 3.8) is 0 Å². The fourth-order valence-corrected chi connectivity index (χ4v) is 4.78. The first kappa shape index (κ1) is 14.7. The molecule has 0 amide bonds. The number of carbonyl (C=O) groups is 1. The van der Waals surface area contributed by atoms with Crippen molar-refractivity contribution in [3.8, 4) is 0 Å². The molecule has 23 heavy (non-hydrogen) atoms. The Bertz CT molecular complexity index is 821. The molecule has 0 spiro atoms. The molecule has 2 N–H and O–H groups in total. The largest absolute Gasteiger partial charge is 0.360 e. The lowest BCUT2D eigenvalue weighted by Gasteiger charge is -2.26. The average Bonchev–Trinajstić information content (AvgIpc) is 3.31. The van der Waals surface area contributed by atoms with Crippen molar-refractivity contribution in [1.82, 2.24) is 4.98 Å². The van der Waals surface area contributed by atoms with Gasteiger partial charge >= 0.3 is 0 Å². The van der Waals surface area contributed by atoms with Crippen LogP contribution >= 0.6 is 11.3 Å². The molecule has 1 aliphatic heterocycles. The molecule has 1 aliphatic rings. The summed E-state index contributed by atoms with van der Waals surface area (Å²) in [5.41, 5.74) is 1.87. The molecular weight excluding hydrogens is 304 g/mol. The number of fused-ring (bicyclic) bond motifs is 1. The fraction of sp³-hybridized carbons (Fsp3) is 0.316. The third-order valence-electron chi connectivity index (χ3n) is 5.10. The van der Waals surface area contributed by atoms with Crippen molar-refractivity contribution >= 4 is 28.0 Å². The van der Waals surface area contributed by atoms with Crippen LogP contribution in [0.25, 0.3) is 10.9 Å². The highest BCUT2D eigenvalue weighted by atomic mass is 32.1. The normalized spacial score (nSPS) is 22.5. The Labute approximate surface area is 139 Å². The zero-order valence-corrected chi connectivity index (χ0v) is 14.0. The molecule has 118 valence electrons. The van der Waals surface area contributed by atoms with E-state index in [0.717, 1.165) is 23.0 Å². The zero-order chi connectivity index (χ0) is 15.8. The standard InChI is InChI=1S/C19H20N2OS/c1-13(21-10-4-8-17(21)18-9-5-11-23-18)19(22)15-12-20-16-7-3-2-6-14(15)16/h2-3,5-7,9,11-13,17,20H,4,8,10H2,1H3/p+1/t13-,17+/m0/s1. The van der Waals surface area contributed by atoms with Gasteiger partial charge < -0.3 is 9.88 Å². The number of hydrogen-bond donors (Lipinski definition) is 2. The molecule has 3 nitrogen and oxygen atoms in total. The minimum absolute atomic E-state index is 0.0104. The van der Waals surface area contributed by atoms with Crippen LogP contribution in [-0.2, 0) is 0 Å². The summed E-state index contributed by atoms with van der Waals surface area (Å²) in [4.78, 5) is 19.1. The third-order valence-corrected chi connectivity index (χ3v) is 6.08. The molecule has 1 fully saturated rings. The van der Waals surface area contributed by atoms with Gasteiger partial charge in [-0.05, 0) is 24.4 Å². The Balaban J connectivity index is 1.63. The lowest BCUT2D eigenvalue weighted by atomic mass is 10.0. The summed E-state index contributed by atoms with van der Waals surface area (Å²) >= 11 is 1.81. The maximum atomic E-state index is 13.1. The van der Waals surface area contributed by atoms with Crippen molar-refractivity contribution in [2.24, 2.45) is 0 Å². The second-order valence-electron chi connectivity index (χ2n) is 6.37. The van der Waals surface area contributed by atoms with Crippen molar-refractivity contribution in [2.45, 2.75) is 31.8 Å². The van der Waals surface area contributed by atoms with Crippen molar-refractivity contribution in [1.29, 1.82) is 0 Å². The van der Waals surface area contributed by atoms with Gasteiger partial charge in [0.1, 0.15) is 12.1 Å². The lowest BCUT2D eigenvalue weighted by molar-refractivity contribution is -0.931. The Morgan fingerprint density at radius 2 is 2.17 bits per heavy atom. The Morgan fingerprint density at radius 1 is 1.30 bits per heavy atom. The Morgan fingerprint density at radius 3 is 3.00 bits per heavy atom. The summed E-state index contributed by atoms with van der Waals surface area (Å²) in [6.45, 7) is 3.17. The minimum atomic E-state index is -0.0104. The molecule has 3 atom stereocenters. The van der Waals surface area contributed by atoms with Crippen LogP contribution in [-0.4, -0.2) is 23.4 Å². The van der Waals surface area contributed by atoms with Gasteiger partial charge in [-0.1, -0.05) is 24.3 Å². The van der Waals surface area contributed by atoms with Gasteiger partial charge in [-0.25, -0.2) is 0 Å². The second kappa shape index (κ2) is 5.95. The van der Waals surface area contributed by atoms with E-state index in [-0.39, 0.29) is 11.8 Å². The van der Waals surface area contributed by atoms with Crippen LogP contribution in [0.5, 0.6) is 0 Å². The Hall–Kier alpha value is -1.91. The van der Waals surface area contributed by atoms with Crippen LogP contribution in [0.3, 0.4) is 0 Å². The number of Topliss-reactive ketones (excluding diaryl/α,β-unsaturated/α-hetero) is 1. The van der Waals surface area contributed by atoms with E-state index in [4.69, 9.17) is 0 Å². The van der Waals surface area contributed by atoms with Crippen LogP contribution in [0, 0.1) is 0 Å². The fourth-order valence-electron chi connectivity index (χ4n) is 3.88. The van der Waals surface area contributed by atoms with Gasteiger partial charge in [0.25, 0.3) is 0 Å². The van der Waals surface area contributed by atoms with Crippen LogP contribution in [0.1, 0.15) is 41.0 Å². The highest BCUT2D eigenvalue weighted by Crippen LogP contribution is 2.25. The van der Waals surface area contributed by atoms with E-state index in [9.17, 15) is 4.79 Å². The third kappa shape index (κ3) is 2.52. The van der Waals surface area contributed by atoms with E-state index in [0.29, 0.717) is 6.04 Å². The number of nitrogens with one attached hydrogen (secondary N) is 2. The highest BCUT2D eigenvalue weighted by molar-refractivity contribution is 7.10. The molecule has 0 saturated carbocycles. The summed E-state index contributed by atoms with van der Waals surface area (Å²) in [5, 5.41) is 3.17. The van der Waals surface area contributed by atoms with E-state index < -0.39 is 0 Å². The summed E-state index contributed by atoms with van der Waals surface area (Å²) < 4.78 is 0. The highest BCUT2D eigenvalue weighted by Gasteiger charge is 2.38. The molecule has 2 aromatic heterocycles. The minimum Gasteiger partial charge on any atom is -0.360 e. The number of hydrogen-bond acceptors (Lipinski definition) is 2. The van der Waals surface area contributed by atoms with Gasteiger partial charge in [-0.15, -0.1) is 11.3 Å². The SMILES string of the molecule is C[C@@H](C(=O)c1c[nH]c2ccccc12)[NH+]1CCC[C@@H]1c1cccs1. The van der Waals surface area contributed by atoms with Crippen LogP contribution in [0.4, 0.5) is 0 Å². The second-order valence-corrected chi connectivity index (χ2v) is 7.35. The smallest absolute Gasteiger partial charge is 0.221 e. The Kier molecular flexibility index (Phi) is 3.79. The number of aromatic nitrogens is 1. The van der Waals surface area contributed by atoms with Crippen molar-refractivity contribution in [2.75, 3.05) is 6.54 Å². The van der Waals surface area contributed by atoms with Gasteiger partial charge in [0, 0.05) is 35.5 Å². The number of likely N-dealkylation sites (tertiary alicyclic amines) is 1. The van der Waals surface area contributed by atoms with E-state index in [1.165, 1.54) is 22.6 Å². The first-order chi connectivity index (χ1) is 11.3. The maximum absolute atomic E-state index is 13.1. The topological polar surface area (TPSA) is 37.3 Å². The van der Waals surface area contributed by atoms with Crippen LogP contribution in [0.15, 0.2) is 48.0 Å². The lowest BCUT2D eigenvalue weighted by Crippen LogP contribution is -3.14. The van der Waals surface area contributed by atoms with E-state index >= 15 is 0 Å². The van der Waals surface area contributed by atoms with Gasteiger partial charge in [0.05, 0.1) is 11.4 Å². The molecule has 4 rings (SSSR count). The number of ketones is 1. The summed E-state index contributed by atoms with van der Waals surface area (Å²) in [5.74, 6) is 0.251. The summed E-state index contributed by atoms with van der Waals surface area (Å²) in [6, 6.07) is 12.8. The predicted octanol–water partition coefficient (Wildman–Crippen LogP) is 3.22. The maximum Gasteiger partial charge on any atom is 0.221 e. The first-order valence-electron chi connectivity index (χ1n) is 8.25. The van der Waals surface area contributed by atoms with E-state index in [1.807, 2.05) is 41.8 Å². The molecule has 0 radical (unpaired) electrons. The van der Waals surface area contributed by atoms with E-state index in [2.05, 4.69) is 29.4 Å². The van der Waals surface area contributed by atoms with Crippen LogP contribution < -0.4 is 4.90 Å². The van der Waals surface area contributed by atoms with E-state index in [1.54, 1.807) is 0 Å². The van der Waals surface area contributed by atoms with Crippen molar-refractivity contribution < 1.29 is 9.69 Å². The average molecular weight is 325 g/mol. The molecule has 3 aromatic rings. The van der Waals surface area contributed by atoms with Gasteiger partial charge in [-0.2, -0.15) is 0 Å². The van der Waals surface area contributed by atoms with Gasteiger partial charge in [0.15, 0.2) is 0 Å². The molecular formula is C19H21N2OS+. The number of thiophene rings is 1.